The quantitative estimate of drug-likeness (QED) is 0.773. The molecule has 2 aliphatic heterocycles. The van der Waals surface area contributed by atoms with Gasteiger partial charge in [0, 0.05) is 31.1 Å². The first-order valence-corrected chi connectivity index (χ1v) is 8.37. The Balaban J connectivity index is 1.78. The van der Waals surface area contributed by atoms with Crippen LogP contribution < -0.4 is 0 Å². The van der Waals surface area contributed by atoms with E-state index in [9.17, 15) is 0 Å². The van der Waals surface area contributed by atoms with Gasteiger partial charge in [0.15, 0.2) is 0 Å². The van der Waals surface area contributed by atoms with Gasteiger partial charge < -0.3 is 4.90 Å². The second-order valence-corrected chi connectivity index (χ2v) is 6.24. The second kappa shape index (κ2) is 5.96. The minimum atomic E-state index is 0.459. The third-order valence-electron chi connectivity index (χ3n) is 4.86. The molecule has 0 aliphatic carbocycles. The molecule has 0 saturated carbocycles. The van der Waals surface area contributed by atoms with Crippen molar-refractivity contribution < 1.29 is 0 Å². The maximum absolute atomic E-state index is 4.96. The van der Waals surface area contributed by atoms with Crippen molar-refractivity contribution in [3.63, 3.8) is 0 Å². The van der Waals surface area contributed by atoms with Gasteiger partial charge in [0.1, 0.15) is 5.84 Å². The Kier molecular flexibility index (Phi) is 3.67. The smallest absolute Gasteiger partial charge is 0.131 e. The molecule has 1 unspecified atom stereocenters. The van der Waals surface area contributed by atoms with Gasteiger partial charge in [-0.3, -0.25) is 4.99 Å². The van der Waals surface area contributed by atoms with E-state index in [4.69, 9.17) is 4.99 Å². The molecule has 2 aliphatic rings. The Morgan fingerprint density at radius 2 is 1.59 bits per heavy atom. The minimum Gasteiger partial charge on any atom is -0.356 e. The van der Waals surface area contributed by atoms with Crippen molar-refractivity contribution >= 4 is 5.84 Å². The number of nitrogens with zero attached hydrogens (tertiary/aromatic N) is 2. The summed E-state index contributed by atoms with van der Waals surface area (Å²) in [5, 5.41) is 0. The molecule has 2 nitrogen and oxygen atoms in total. The van der Waals surface area contributed by atoms with Crippen LogP contribution in [0.15, 0.2) is 59.6 Å². The summed E-state index contributed by atoms with van der Waals surface area (Å²) >= 11 is 0. The predicted molar refractivity (Wildman–Crippen MR) is 91.6 cm³/mol. The third kappa shape index (κ3) is 2.43. The summed E-state index contributed by atoms with van der Waals surface area (Å²) in [6.07, 6.45) is 3.69. The molecule has 2 aromatic rings. The predicted octanol–water partition coefficient (Wildman–Crippen LogP) is 4.06. The summed E-state index contributed by atoms with van der Waals surface area (Å²) in [6, 6.07) is 19.8. The molecule has 1 atom stereocenters. The van der Waals surface area contributed by atoms with Crippen LogP contribution in [0, 0.1) is 0 Å². The zero-order chi connectivity index (χ0) is 14.8. The lowest BCUT2D eigenvalue weighted by molar-refractivity contribution is 0.518. The molecule has 0 radical (unpaired) electrons. The third-order valence-corrected chi connectivity index (χ3v) is 4.86. The van der Waals surface area contributed by atoms with Crippen molar-refractivity contribution in [3.05, 3.63) is 71.3 Å². The van der Waals surface area contributed by atoms with Crippen LogP contribution >= 0.6 is 0 Å². The van der Waals surface area contributed by atoms with E-state index in [2.05, 4.69) is 59.5 Å². The van der Waals surface area contributed by atoms with Crippen LogP contribution in [0.4, 0.5) is 0 Å². The summed E-state index contributed by atoms with van der Waals surface area (Å²) in [5.41, 5.74) is 4.19. The van der Waals surface area contributed by atoms with E-state index in [1.165, 1.54) is 35.4 Å². The zero-order valence-corrected chi connectivity index (χ0v) is 12.9. The van der Waals surface area contributed by atoms with Gasteiger partial charge in [0.25, 0.3) is 0 Å². The summed E-state index contributed by atoms with van der Waals surface area (Å²) in [5.74, 6) is 1.69. The van der Waals surface area contributed by atoms with Gasteiger partial charge in [0.2, 0.25) is 0 Å². The van der Waals surface area contributed by atoms with Crippen molar-refractivity contribution in [2.24, 2.45) is 4.99 Å². The van der Waals surface area contributed by atoms with Gasteiger partial charge in [-0.1, -0.05) is 54.6 Å². The number of rotatable bonds is 1. The van der Waals surface area contributed by atoms with E-state index in [0.29, 0.717) is 5.92 Å². The lowest BCUT2D eigenvalue weighted by Crippen LogP contribution is -2.29. The molecule has 0 spiro atoms. The fourth-order valence-electron chi connectivity index (χ4n) is 3.78. The van der Waals surface area contributed by atoms with Crippen molar-refractivity contribution in [2.75, 3.05) is 19.6 Å². The summed E-state index contributed by atoms with van der Waals surface area (Å²) < 4.78 is 0. The normalized spacial score (nSPS) is 21.2. The Morgan fingerprint density at radius 3 is 2.41 bits per heavy atom. The molecule has 1 fully saturated rings. The molecule has 2 heteroatoms. The Labute approximate surface area is 132 Å². The van der Waals surface area contributed by atoms with Crippen molar-refractivity contribution in [2.45, 2.75) is 25.2 Å². The number of benzene rings is 2. The number of fused-ring (bicyclic) bond motifs is 1. The molecular weight excluding hydrogens is 268 g/mol. The van der Waals surface area contributed by atoms with E-state index >= 15 is 0 Å². The van der Waals surface area contributed by atoms with Crippen LogP contribution in [0.25, 0.3) is 0 Å². The lowest BCUT2D eigenvalue weighted by atomic mass is 9.86. The Bertz CT molecular complexity index is 669. The van der Waals surface area contributed by atoms with E-state index in [1.54, 1.807) is 0 Å². The van der Waals surface area contributed by atoms with Gasteiger partial charge in [-0.15, -0.1) is 0 Å². The van der Waals surface area contributed by atoms with Crippen molar-refractivity contribution in [1.82, 2.24) is 4.90 Å². The maximum atomic E-state index is 4.96. The highest BCUT2D eigenvalue weighted by atomic mass is 15.2. The number of aliphatic imine (C=N–C) groups is 1. The van der Waals surface area contributed by atoms with Crippen LogP contribution in [0.3, 0.4) is 0 Å². The minimum absolute atomic E-state index is 0.459. The number of hydrogen-bond donors (Lipinski definition) is 0. The second-order valence-electron chi connectivity index (χ2n) is 6.24. The van der Waals surface area contributed by atoms with E-state index < -0.39 is 0 Å². The molecule has 0 aromatic heterocycles. The average molecular weight is 290 g/mol. The first-order valence-electron chi connectivity index (χ1n) is 8.37. The van der Waals surface area contributed by atoms with E-state index in [1.807, 2.05) is 0 Å². The summed E-state index contributed by atoms with van der Waals surface area (Å²) in [7, 11) is 0. The average Bonchev–Trinajstić information content (AvgIpc) is 3.04. The van der Waals surface area contributed by atoms with Gasteiger partial charge in [-0.25, -0.2) is 0 Å². The fourth-order valence-corrected chi connectivity index (χ4v) is 3.78. The molecule has 0 bridgehead atoms. The molecular formula is C20H22N2. The maximum Gasteiger partial charge on any atom is 0.131 e. The van der Waals surface area contributed by atoms with Crippen LogP contribution in [0.5, 0.6) is 0 Å². The lowest BCUT2D eigenvalue weighted by Gasteiger charge is -2.23. The Morgan fingerprint density at radius 1 is 0.864 bits per heavy atom. The van der Waals surface area contributed by atoms with Gasteiger partial charge in [-0.05, 0) is 30.4 Å². The van der Waals surface area contributed by atoms with E-state index in [-0.39, 0.29) is 0 Å². The number of likely N-dealkylation sites (tertiary alicyclic amines) is 1. The molecule has 2 aromatic carbocycles. The van der Waals surface area contributed by atoms with E-state index in [0.717, 1.165) is 26.1 Å². The van der Waals surface area contributed by atoms with Crippen LogP contribution in [0.2, 0.25) is 0 Å². The highest BCUT2D eigenvalue weighted by Crippen LogP contribution is 2.33. The highest BCUT2D eigenvalue weighted by Gasteiger charge is 2.26. The molecule has 0 N–H and O–H groups in total. The SMILES string of the molecule is c1ccc(C2CCN=C(N3CCCC3)c3ccccc32)cc1. The largest absolute Gasteiger partial charge is 0.356 e. The summed E-state index contributed by atoms with van der Waals surface area (Å²) in [4.78, 5) is 7.44. The fraction of sp³-hybridized carbons (Fsp3) is 0.350. The number of amidine groups is 1. The summed E-state index contributed by atoms with van der Waals surface area (Å²) in [6.45, 7) is 3.23. The zero-order valence-electron chi connectivity index (χ0n) is 12.9. The Hall–Kier alpha value is -2.09. The first-order chi connectivity index (χ1) is 10.9. The van der Waals surface area contributed by atoms with Crippen LogP contribution in [-0.2, 0) is 0 Å². The first kappa shape index (κ1) is 13.6. The highest BCUT2D eigenvalue weighted by molar-refractivity contribution is 6.00. The topological polar surface area (TPSA) is 15.6 Å². The molecule has 1 saturated heterocycles. The number of hydrogen-bond acceptors (Lipinski definition) is 2. The monoisotopic (exact) mass is 290 g/mol. The standard InChI is InChI=1S/C20H22N2/c1-2-8-16(9-3-1)17-12-13-21-20(22-14-6-7-15-22)19-11-5-4-10-18(17)19/h1-5,8-11,17H,6-7,12-15H2. The van der Waals surface area contributed by atoms with Crippen molar-refractivity contribution in [3.8, 4) is 0 Å². The van der Waals surface area contributed by atoms with Crippen molar-refractivity contribution in [1.29, 1.82) is 0 Å². The van der Waals surface area contributed by atoms with Crippen LogP contribution in [-0.4, -0.2) is 30.4 Å². The molecule has 0 amide bonds. The van der Waals surface area contributed by atoms with Crippen LogP contribution in [0.1, 0.15) is 41.9 Å². The van der Waals surface area contributed by atoms with Gasteiger partial charge in [0.05, 0.1) is 0 Å². The molecule has 112 valence electrons. The molecule has 22 heavy (non-hydrogen) atoms. The van der Waals surface area contributed by atoms with Gasteiger partial charge in [-0.2, -0.15) is 0 Å². The van der Waals surface area contributed by atoms with Gasteiger partial charge >= 0.3 is 0 Å². The molecule has 2 heterocycles. The molecule has 4 rings (SSSR count).